The van der Waals surface area contributed by atoms with Crippen molar-refractivity contribution in [3.05, 3.63) is 0 Å². The van der Waals surface area contributed by atoms with E-state index < -0.39 is 0 Å². The maximum Gasteiger partial charge on any atom is 0.0693 e. The summed E-state index contributed by atoms with van der Waals surface area (Å²) >= 11 is 0. The van der Waals surface area contributed by atoms with E-state index in [1.807, 2.05) is 0 Å². The Kier molecular flexibility index (Phi) is 3.83. The molecule has 3 nitrogen and oxygen atoms in total. The third-order valence-corrected chi connectivity index (χ3v) is 4.13. The minimum atomic E-state index is -0.180. The summed E-state index contributed by atoms with van der Waals surface area (Å²) in [5, 5.41) is 22.2. The van der Waals surface area contributed by atoms with Gasteiger partial charge in [0.2, 0.25) is 0 Å². The first kappa shape index (κ1) is 11.9. The molecule has 3 heteroatoms. The first-order valence-corrected chi connectivity index (χ1v) is 6.54. The number of hydrogen-bond acceptors (Lipinski definition) is 3. The molecule has 0 aromatic heterocycles. The Morgan fingerprint density at radius 3 is 2.69 bits per heavy atom. The monoisotopic (exact) mass is 222 g/mol. The van der Waals surface area contributed by atoms with Gasteiger partial charge < -0.3 is 10.4 Å². The van der Waals surface area contributed by atoms with Crippen LogP contribution in [0, 0.1) is 16.7 Å². The second-order valence-electron chi connectivity index (χ2n) is 5.53. The summed E-state index contributed by atoms with van der Waals surface area (Å²) in [5.41, 5.74) is 0.251. The van der Waals surface area contributed by atoms with Gasteiger partial charge in [0, 0.05) is 19.0 Å². The van der Waals surface area contributed by atoms with Gasteiger partial charge in [-0.15, -0.1) is 0 Å². The van der Waals surface area contributed by atoms with Gasteiger partial charge in [-0.2, -0.15) is 5.26 Å². The molecule has 2 aliphatic rings. The van der Waals surface area contributed by atoms with Gasteiger partial charge in [-0.3, -0.25) is 0 Å². The average Bonchev–Trinajstić information content (AvgIpc) is 3.03. The van der Waals surface area contributed by atoms with Gasteiger partial charge in [-0.05, 0) is 31.1 Å². The van der Waals surface area contributed by atoms with Crippen molar-refractivity contribution >= 4 is 0 Å². The summed E-state index contributed by atoms with van der Waals surface area (Å²) in [4.78, 5) is 0. The zero-order valence-corrected chi connectivity index (χ0v) is 9.91. The van der Waals surface area contributed by atoms with E-state index in [1.54, 1.807) is 0 Å². The summed E-state index contributed by atoms with van der Waals surface area (Å²) in [6.07, 6.45) is 8.49. The maximum atomic E-state index is 9.97. The molecular formula is C13H22N2O. The first-order valence-electron chi connectivity index (χ1n) is 6.54. The summed E-state index contributed by atoms with van der Waals surface area (Å²) in [6.45, 7) is 0.919. The average molecular weight is 222 g/mol. The number of nitriles is 1. The quantitative estimate of drug-likeness (QED) is 0.715. The summed E-state index contributed by atoms with van der Waals surface area (Å²) < 4.78 is 0. The fourth-order valence-corrected chi connectivity index (χ4v) is 2.63. The van der Waals surface area contributed by atoms with Crippen LogP contribution >= 0.6 is 0 Å². The van der Waals surface area contributed by atoms with Gasteiger partial charge in [0.05, 0.1) is 12.2 Å². The lowest BCUT2D eigenvalue weighted by atomic mass is 10.0. The van der Waals surface area contributed by atoms with Crippen LogP contribution < -0.4 is 5.32 Å². The van der Waals surface area contributed by atoms with E-state index in [2.05, 4.69) is 11.4 Å². The van der Waals surface area contributed by atoms with Gasteiger partial charge in [0.25, 0.3) is 0 Å². The molecule has 0 saturated heterocycles. The molecule has 16 heavy (non-hydrogen) atoms. The number of aliphatic hydroxyl groups is 1. The summed E-state index contributed by atoms with van der Waals surface area (Å²) in [5.74, 6) is 0. The topological polar surface area (TPSA) is 56.0 Å². The molecule has 0 radical (unpaired) electrons. The Bertz CT molecular complexity index is 268. The molecule has 0 heterocycles. The molecule has 0 aromatic carbocycles. The van der Waals surface area contributed by atoms with Crippen LogP contribution in [-0.2, 0) is 0 Å². The molecule has 0 aromatic rings. The number of nitrogens with zero attached hydrogens (tertiary/aromatic N) is 1. The number of rotatable bonds is 4. The van der Waals surface area contributed by atoms with Crippen LogP contribution in [0.4, 0.5) is 0 Å². The highest BCUT2D eigenvalue weighted by Gasteiger charge is 2.42. The maximum absolute atomic E-state index is 9.97. The van der Waals surface area contributed by atoms with Crippen molar-refractivity contribution in [1.82, 2.24) is 5.32 Å². The van der Waals surface area contributed by atoms with Crippen LogP contribution in [0.2, 0.25) is 0 Å². The minimum absolute atomic E-state index is 0.180. The van der Waals surface area contributed by atoms with Crippen LogP contribution in [0.25, 0.3) is 0 Å². The highest BCUT2D eigenvalue weighted by atomic mass is 16.3. The van der Waals surface area contributed by atoms with Crippen molar-refractivity contribution < 1.29 is 5.11 Å². The number of nitrogens with one attached hydrogen (secondary N) is 1. The van der Waals surface area contributed by atoms with Gasteiger partial charge in [-0.1, -0.05) is 19.3 Å². The molecule has 0 bridgehead atoms. The summed E-state index contributed by atoms with van der Waals surface area (Å²) in [6, 6.07) is 2.54. The van der Waals surface area contributed by atoms with E-state index in [0.29, 0.717) is 6.42 Å². The van der Waals surface area contributed by atoms with Crippen molar-refractivity contribution in [1.29, 1.82) is 5.26 Å². The van der Waals surface area contributed by atoms with E-state index in [-0.39, 0.29) is 17.6 Å². The molecule has 2 unspecified atom stereocenters. The first-order chi connectivity index (χ1) is 7.76. The molecule has 0 spiro atoms. The molecule has 2 fully saturated rings. The van der Waals surface area contributed by atoms with Crippen molar-refractivity contribution in [2.75, 3.05) is 6.54 Å². The van der Waals surface area contributed by atoms with E-state index in [0.717, 1.165) is 25.8 Å². The Morgan fingerprint density at radius 2 is 2.00 bits per heavy atom. The SMILES string of the molecule is N#CCC1(CNC2CCCCCC2O)CC1. The predicted octanol–water partition coefficient (Wildman–Crippen LogP) is 1.96. The summed E-state index contributed by atoms with van der Waals surface area (Å²) in [7, 11) is 0. The number of hydrogen-bond donors (Lipinski definition) is 2. The molecule has 90 valence electrons. The lowest BCUT2D eigenvalue weighted by Gasteiger charge is -2.24. The van der Waals surface area contributed by atoms with E-state index in [4.69, 9.17) is 5.26 Å². The zero-order chi connectivity index (χ0) is 11.4. The molecule has 2 aliphatic carbocycles. The smallest absolute Gasteiger partial charge is 0.0693 e. The Balaban J connectivity index is 1.78. The lowest BCUT2D eigenvalue weighted by molar-refractivity contribution is 0.117. The van der Waals surface area contributed by atoms with E-state index >= 15 is 0 Å². The van der Waals surface area contributed by atoms with Crippen LogP contribution in [0.1, 0.15) is 51.4 Å². The van der Waals surface area contributed by atoms with Crippen molar-refractivity contribution in [3.63, 3.8) is 0 Å². The second-order valence-corrected chi connectivity index (χ2v) is 5.53. The van der Waals surface area contributed by atoms with Crippen molar-refractivity contribution in [2.45, 2.75) is 63.5 Å². The van der Waals surface area contributed by atoms with E-state index in [9.17, 15) is 5.11 Å². The largest absolute Gasteiger partial charge is 0.392 e. The fraction of sp³-hybridized carbons (Fsp3) is 0.923. The molecule has 0 amide bonds. The fourth-order valence-electron chi connectivity index (χ4n) is 2.63. The van der Waals surface area contributed by atoms with E-state index in [1.165, 1.54) is 25.7 Å². The van der Waals surface area contributed by atoms with Gasteiger partial charge in [-0.25, -0.2) is 0 Å². The molecule has 2 atom stereocenters. The zero-order valence-electron chi connectivity index (χ0n) is 9.91. The minimum Gasteiger partial charge on any atom is -0.392 e. The van der Waals surface area contributed by atoms with Crippen LogP contribution in [-0.4, -0.2) is 23.8 Å². The second kappa shape index (κ2) is 5.16. The van der Waals surface area contributed by atoms with Crippen molar-refractivity contribution in [2.24, 2.45) is 5.41 Å². The van der Waals surface area contributed by atoms with Crippen LogP contribution in [0.15, 0.2) is 0 Å². The van der Waals surface area contributed by atoms with Crippen LogP contribution in [0.3, 0.4) is 0 Å². The lowest BCUT2D eigenvalue weighted by Crippen LogP contribution is -2.41. The number of aliphatic hydroxyl groups excluding tert-OH is 1. The molecule has 2 rings (SSSR count). The third-order valence-electron chi connectivity index (χ3n) is 4.13. The van der Waals surface area contributed by atoms with Gasteiger partial charge >= 0.3 is 0 Å². The Morgan fingerprint density at radius 1 is 1.25 bits per heavy atom. The highest BCUT2D eigenvalue weighted by molar-refractivity contribution is 5.01. The van der Waals surface area contributed by atoms with Gasteiger partial charge in [0.1, 0.15) is 0 Å². The Hall–Kier alpha value is -0.590. The molecule has 2 saturated carbocycles. The Labute approximate surface area is 97.8 Å². The molecule has 0 aliphatic heterocycles. The predicted molar refractivity (Wildman–Crippen MR) is 62.8 cm³/mol. The molecule has 2 N–H and O–H groups in total. The molecular weight excluding hydrogens is 200 g/mol. The third kappa shape index (κ3) is 2.96. The standard InChI is InChI=1S/C13H22N2O/c14-9-8-13(6-7-13)10-15-11-4-2-1-3-5-12(11)16/h11-12,15-16H,1-8,10H2. The normalized spacial score (nSPS) is 32.8. The van der Waals surface area contributed by atoms with Gasteiger partial charge in [0.15, 0.2) is 0 Å². The highest BCUT2D eigenvalue weighted by Crippen LogP contribution is 2.48. The van der Waals surface area contributed by atoms with Crippen LogP contribution in [0.5, 0.6) is 0 Å². The van der Waals surface area contributed by atoms with Crippen molar-refractivity contribution in [3.8, 4) is 6.07 Å².